The first-order valence-electron chi connectivity index (χ1n) is 9.12. The predicted octanol–water partition coefficient (Wildman–Crippen LogP) is 3.64. The number of carbonyl (C=O) groups is 1. The minimum absolute atomic E-state index is 0.0197. The van der Waals surface area contributed by atoms with E-state index in [0.717, 1.165) is 24.0 Å². The van der Waals surface area contributed by atoms with Gasteiger partial charge in [-0.2, -0.15) is 5.10 Å². The Kier molecular flexibility index (Phi) is 4.97. The lowest BCUT2D eigenvalue weighted by molar-refractivity contribution is 0.0950. The molecule has 2 aromatic carbocycles. The lowest BCUT2D eigenvalue weighted by Crippen LogP contribution is -2.23. The largest absolute Gasteiger partial charge is 0.508 e. The highest BCUT2D eigenvalue weighted by atomic mass is 19.1. The molecule has 0 bridgehead atoms. The number of H-pyrrole nitrogens is 1. The molecule has 1 amide bonds. The molecule has 0 unspecified atom stereocenters. The fraction of sp³-hybridized carbons (Fsp3) is 0.238. The minimum atomic E-state index is -0.335. The highest BCUT2D eigenvalue weighted by molar-refractivity contribution is 5.95. The van der Waals surface area contributed by atoms with E-state index in [-0.39, 0.29) is 24.0 Å². The highest BCUT2D eigenvalue weighted by Gasteiger charge is 2.22. The molecule has 28 heavy (non-hydrogen) atoms. The van der Waals surface area contributed by atoms with Crippen LogP contribution in [0.25, 0.3) is 11.3 Å². The number of rotatable bonds is 7. The molecular formula is C21H20FN3O3. The molecule has 1 heterocycles. The first kappa shape index (κ1) is 18.0. The van der Waals surface area contributed by atoms with Crippen LogP contribution >= 0.6 is 0 Å². The van der Waals surface area contributed by atoms with Crippen molar-refractivity contribution in [3.05, 3.63) is 65.6 Å². The zero-order valence-corrected chi connectivity index (χ0v) is 15.1. The van der Waals surface area contributed by atoms with Gasteiger partial charge in [0.15, 0.2) is 0 Å². The van der Waals surface area contributed by atoms with Crippen LogP contribution in [0.3, 0.4) is 0 Å². The number of aromatic amines is 1. The first-order chi connectivity index (χ1) is 13.6. The SMILES string of the molecule is O=C(NCc1cn[nH]c1-c1ccc(F)cc1)c1cc(O)cc(OCC2CC2)c1. The summed E-state index contributed by atoms with van der Waals surface area (Å²) >= 11 is 0. The second-order valence-electron chi connectivity index (χ2n) is 6.93. The quantitative estimate of drug-likeness (QED) is 0.583. The van der Waals surface area contributed by atoms with E-state index in [1.54, 1.807) is 24.4 Å². The van der Waals surface area contributed by atoms with Crippen LogP contribution in [0, 0.1) is 11.7 Å². The van der Waals surface area contributed by atoms with Crippen LogP contribution < -0.4 is 10.1 Å². The van der Waals surface area contributed by atoms with Gasteiger partial charge in [0.25, 0.3) is 5.91 Å². The maximum Gasteiger partial charge on any atom is 0.251 e. The summed E-state index contributed by atoms with van der Waals surface area (Å²) in [7, 11) is 0. The van der Waals surface area contributed by atoms with Crippen LogP contribution in [-0.4, -0.2) is 27.8 Å². The van der Waals surface area contributed by atoms with Gasteiger partial charge in [-0.1, -0.05) is 0 Å². The van der Waals surface area contributed by atoms with Crippen molar-refractivity contribution in [2.75, 3.05) is 6.61 Å². The second kappa shape index (κ2) is 7.72. The molecule has 1 fully saturated rings. The van der Waals surface area contributed by atoms with Gasteiger partial charge >= 0.3 is 0 Å². The topological polar surface area (TPSA) is 87.2 Å². The molecule has 1 aliphatic carbocycles. The monoisotopic (exact) mass is 381 g/mol. The molecule has 0 radical (unpaired) electrons. The van der Waals surface area contributed by atoms with Crippen LogP contribution in [0.1, 0.15) is 28.8 Å². The van der Waals surface area contributed by atoms with Crippen molar-refractivity contribution >= 4 is 5.91 Å². The van der Waals surface area contributed by atoms with E-state index in [1.165, 1.54) is 24.3 Å². The number of carbonyl (C=O) groups excluding carboxylic acids is 1. The Morgan fingerprint density at radius 1 is 1.25 bits per heavy atom. The van der Waals surface area contributed by atoms with Gasteiger partial charge in [-0.15, -0.1) is 0 Å². The number of hydrogen-bond acceptors (Lipinski definition) is 4. The molecule has 0 aliphatic heterocycles. The summed E-state index contributed by atoms with van der Waals surface area (Å²) in [6, 6.07) is 10.5. The van der Waals surface area contributed by atoms with Crippen molar-refractivity contribution in [2.45, 2.75) is 19.4 Å². The van der Waals surface area contributed by atoms with Crippen LogP contribution in [0.4, 0.5) is 4.39 Å². The van der Waals surface area contributed by atoms with Crippen LogP contribution in [0.5, 0.6) is 11.5 Å². The summed E-state index contributed by atoms with van der Waals surface area (Å²) in [6.45, 7) is 0.830. The van der Waals surface area contributed by atoms with Gasteiger partial charge < -0.3 is 15.2 Å². The van der Waals surface area contributed by atoms with Crippen molar-refractivity contribution in [1.29, 1.82) is 0 Å². The number of aromatic hydroxyl groups is 1. The first-order valence-corrected chi connectivity index (χ1v) is 9.12. The maximum atomic E-state index is 13.1. The lowest BCUT2D eigenvalue weighted by atomic mass is 10.1. The van der Waals surface area contributed by atoms with Gasteiger partial charge in [0.2, 0.25) is 0 Å². The van der Waals surface area contributed by atoms with Crippen LogP contribution in [0.2, 0.25) is 0 Å². The molecule has 4 rings (SSSR count). The Balaban J connectivity index is 1.43. The molecule has 6 nitrogen and oxygen atoms in total. The van der Waals surface area contributed by atoms with Crippen LogP contribution in [0.15, 0.2) is 48.7 Å². The standard InChI is InChI=1S/C21H20FN3O3/c22-17-5-3-14(4-6-17)20-16(11-24-25-20)10-23-21(27)15-7-18(26)9-19(8-15)28-12-13-1-2-13/h3-9,11,13,26H,1-2,10,12H2,(H,23,27)(H,24,25). The average molecular weight is 381 g/mol. The molecule has 0 spiro atoms. The molecule has 0 saturated heterocycles. The Labute approximate surface area is 161 Å². The normalized spacial score (nSPS) is 13.3. The molecule has 3 aromatic rings. The lowest BCUT2D eigenvalue weighted by Gasteiger charge is -2.10. The van der Waals surface area contributed by atoms with Crippen molar-refractivity contribution in [3.8, 4) is 22.8 Å². The number of hydrogen-bond donors (Lipinski definition) is 3. The van der Waals surface area contributed by atoms with E-state index in [0.29, 0.717) is 29.5 Å². The number of nitrogens with zero attached hydrogens (tertiary/aromatic N) is 1. The van der Waals surface area contributed by atoms with Crippen molar-refractivity contribution in [2.24, 2.45) is 5.92 Å². The Morgan fingerprint density at radius 2 is 2.04 bits per heavy atom. The Bertz CT molecular complexity index is 981. The number of halogens is 1. The van der Waals surface area contributed by atoms with Gasteiger partial charge in [-0.3, -0.25) is 9.89 Å². The van der Waals surface area contributed by atoms with E-state index in [9.17, 15) is 14.3 Å². The summed E-state index contributed by atoms with van der Waals surface area (Å²) in [5.74, 6) is 0.381. The molecule has 1 saturated carbocycles. The summed E-state index contributed by atoms with van der Waals surface area (Å²) in [5.41, 5.74) is 2.57. The van der Waals surface area contributed by atoms with Gasteiger partial charge in [0, 0.05) is 29.3 Å². The number of amides is 1. The fourth-order valence-corrected chi connectivity index (χ4v) is 2.89. The molecule has 144 valence electrons. The number of phenols is 1. The van der Waals surface area contributed by atoms with E-state index < -0.39 is 0 Å². The summed E-state index contributed by atoms with van der Waals surface area (Å²) in [4.78, 5) is 12.5. The van der Waals surface area contributed by atoms with E-state index in [2.05, 4.69) is 15.5 Å². The van der Waals surface area contributed by atoms with E-state index in [1.807, 2.05) is 0 Å². The minimum Gasteiger partial charge on any atom is -0.508 e. The van der Waals surface area contributed by atoms with Gasteiger partial charge in [-0.05, 0) is 55.2 Å². The third-order valence-corrected chi connectivity index (χ3v) is 4.63. The molecule has 7 heteroatoms. The fourth-order valence-electron chi connectivity index (χ4n) is 2.89. The average Bonchev–Trinajstić information content (AvgIpc) is 3.41. The van der Waals surface area contributed by atoms with Gasteiger partial charge in [-0.25, -0.2) is 4.39 Å². The van der Waals surface area contributed by atoms with Crippen molar-refractivity contribution in [1.82, 2.24) is 15.5 Å². The van der Waals surface area contributed by atoms with E-state index >= 15 is 0 Å². The van der Waals surface area contributed by atoms with Crippen molar-refractivity contribution < 1.29 is 19.0 Å². The predicted molar refractivity (Wildman–Crippen MR) is 101 cm³/mol. The van der Waals surface area contributed by atoms with Crippen molar-refractivity contribution in [3.63, 3.8) is 0 Å². The molecular weight excluding hydrogens is 361 g/mol. The van der Waals surface area contributed by atoms with E-state index in [4.69, 9.17) is 4.74 Å². The third kappa shape index (κ3) is 4.31. The molecule has 0 atom stereocenters. The maximum absolute atomic E-state index is 13.1. The summed E-state index contributed by atoms with van der Waals surface area (Å²) in [6.07, 6.45) is 3.94. The smallest absolute Gasteiger partial charge is 0.251 e. The Hall–Kier alpha value is -3.35. The zero-order chi connectivity index (χ0) is 19.5. The number of ether oxygens (including phenoxy) is 1. The molecule has 1 aromatic heterocycles. The second-order valence-corrected chi connectivity index (χ2v) is 6.93. The number of nitrogens with one attached hydrogen (secondary N) is 2. The number of benzene rings is 2. The van der Waals surface area contributed by atoms with Gasteiger partial charge in [0.1, 0.15) is 17.3 Å². The number of aromatic nitrogens is 2. The highest BCUT2D eigenvalue weighted by Crippen LogP contribution is 2.30. The third-order valence-electron chi connectivity index (χ3n) is 4.63. The zero-order valence-electron chi connectivity index (χ0n) is 15.1. The van der Waals surface area contributed by atoms with Crippen LogP contribution in [-0.2, 0) is 6.54 Å². The Morgan fingerprint density at radius 3 is 2.79 bits per heavy atom. The molecule has 1 aliphatic rings. The summed E-state index contributed by atoms with van der Waals surface area (Å²) < 4.78 is 18.8. The van der Waals surface area contributed by atoms with Gasteiger partial charge in [0.05, 0.1) is 18.5 Å². The summed E-state index contributed by atoms with van der Waals surface area (Å²) in [5, 5.41) is 19.6. The number of phenolic OH excluding ortho intramolecular Hbond substituents is 1. The molecule has 3 N–H and O–H groups in total.